The van der Waals surface area contributed by atoms with E-state index in [1.54, 1.807) is 0 Å². The number of aromatic amines is 1. The number of H-pyrrole nitrogens is 1. The Balaban J connectivity index is 1.50. The van der Waals surface area contributed by atoms with Crippen LogP contribution >= 0.6 is 0 Å². The maximum atomic E-state index is 12.5. The third-order valence-electron chi connectivity index (χ3n) is 6.03. The first-order valence-corrected chi connectivity index (χ1v) is 10.3. The molecule has 0 bridgehead atoms. The molecule has 8 nitrogen and oxygen atoms in total. The highest BCUT2D eigenvalue weighted by Gasteiger charge is 2.39. The number of cyclic esters (lactones) is 1. The Bertz CT molecular complexity index is 1410. The minimum Gasteiger partial charge on any atom is -0.486 e. The van der Waals surface area contributed by atoms with Crippen LogP contribution in [-0.4, -0.2) is 36.0 Å². The van der Waals surface area contributed by atoms with Gasteiger partial charge in [0.1, 0.15) is 25.5 Å². The second kappa shape index (κ2) is 6.89. The number of carbonyl (C=O) groups is 1. The fourth-order valence-electron chi connectivity index (χ4n) is 4.55. The Morgan fingerprint density at radius 1 is 1.09 bits per heavy atom. The Labute approximate surface area is 183 Å². The summed E-state index contributed by atoms with van der Waals surface area (Å²) in [6.07, 6.45) is 0. The molecule has 0 saturated heterocycles. The molecule has 1 atom stereocenters. The zero-order chi connectivity index (χ0) is 21.8. The van der Waals surface area contributed by atoms with Gasteiger partial charge in [-0.2, -0.15) is 5.10 Å². The lowest BCUT2D eigenvalue weighted by atomic mass is 9.84. The molecule has 2 N–H and O–H groups in total. The number of benzene rings is 2. The molecule has 3 aliphatic heterocycles. The van der Waals surface area contributed by atoms with Crippen LogP contribution in [-0.2, 0) is 9.53 Å². The van der Waals surface area contributed by atoms with Gasteiger partial charge in [-0.3, -0.25) is 5.10 Å². The van der Waals surface area contributed by atoms with Crippen LogP contribution in [0, 0.1) is 6.57 Å². The van der Waals surface area contributed by atoms with Crippen LogP contribution in [0.5, 0.6) is 11.5 Å². The van der Waals surface area contributed by atoms with Crippen molar-refractivity contribution in [1.29, 1.82) is 0 Å². The van der Waals surface area contributed by atoms with Crippen LogP contribution in [0.1, 0.15) is 18.4 Å². The molecule has 8 heteroatoms. The van der Waals surface area contributed by atoms with Crippen molar-refractivity contribution in [3.63, 3.8) is 0 Å². The average Bonchev–Trinajstić information content (AvgIpc) is 3.40. The lowest BCUT2D eigenvalue weighted by Crippen LogP contribution is -2.24. The van der Waals surface area contributed by atoms with Gasteiger partial charge in [0.25, 0.3) is 0 Å². The van der Waals surface area contributed by atoms with Gasteiger partial charge in [-0.1, -0.05) is 6.07 Å². The number of hydrogen-bond acceptors (Lipinski definition) is 6. The number of nitrogens with one attached hydrogen (secondary N) is 2. The van der Waals surface area contributed by atoms with Gasteiger partial charge in [0.2, 0.25) is 0 Å². The smallest absolute Gasteiger partial charge is 0.335 e. The van der Waals surface area contributed by atoms with Crippen molar-refractivity contribution in [1.82, 2.24) is 15.5 Å². The van der Waals surface area contributed by atoms with E-state index in [2.05, 4.69) is 20.4 Å². The van der Waals surface area contributed by atoms with Crippen LogP contribution < -0.4 is 14.8 Å². The normalized spacial score (nSPS) is 19.5. The number of hydrogen-bond donors (Lipinski definition) is 2. The molecule has 0 saturated carbocycles. The molecule has 0 fully saturated rings. The number of aromatic nitrogens is 2. The highest BCUT2D eigenvalue weighted by molar-refractivity contribution is 5.97. The van der Waals surface area contributed by atoms with Crippen molar-refractivity contribution in [2.45, 2.75) is 12.8 Å². The van der Waals surface area contributed by atoms with Crippen molar-refractivity contribution < 1.29 is 19.0 Å². The van der Waals surface area contributed by atoms with Crippen molar-refractivity contribution in [2.24, 2.45) is 0 Å². The number of esters is 1. The van der Waals surface area contributed by atoms with E-state index in [4.69, 9.17) is 20.8 Å². The second-order valence-corrected chi connectivity index (χ2v) is 7.88. The van der Waals surface area contributed by atoms with E-state index in [1.165, 1.54) is 0 Å². The predicted octanol–water partition coefficient (Wildman–Crippen LogP) is 3.65. The van der Waals surface area contributed by atoms with Gasteiger partial charge in [0.05, 0.1) is 29.3 Å². The molecule has 0 spiro atoms. The summed E-state index contributed by atoms with van der Waals surface area (Å²) < 4.78 is 16.6. The molecule has 0 radical (unpaired) electrons. The summed E-state index contributed by atoms with van der Waals surface area (Å²) in [6.45, 7) is 10.8. The maximum absolute atomic E-state index is 12.5. The number of allylic oxidation sites excluding steroid dienone is 2. The fraction of sp³-hybridized carbons (Fsp3) is 0.208. The number of dihydropyridines is 1. The van der Waals surface area contributed by atoms with Crippen LogP contribution in [0.25, 0.3) is 27.0 Å². The summed E-state index contributed by atoms with van der Waals surface area (Å²) in [5, 5.41) is 11.7. The Kier molecular flexibility index (Phi) is 3.98. The zero-order valence-electron chi connectivity index (χ0n) is 17.2. The minimum absolute atomic E-state index is 0.198. The fourth-order valence-corrected chi connectivity index (χ4v) is 4.55. The van der Waals surface area contributed by atoms with Gasteiger partial charge in [-0.25, -0.2) is 9.64 Å². The number of rotatable bonds is 2. The summed E-state index contributed by atoms with van der Waals surface area (Å²) in [4.78, 5) is 16.3. The number of ether oxygens (including phenoxy) is 3. The lowest BCUT2D eigenvalue weighted by Gasteiger charge is -2.25. The zero-order valence-corrected chi connectivity index (χ0v) is 17.2. The summed E-state index contributed by atoms with van der Waals surface area (Å²) in [7, 11) is 0. The topological polar surface area (TPSA) is 89.8 Å². The van der Waals surface area contributed by atoms with E-state index >= 15 is 0 Å². The number of nitrogens with zero attached hydrogens (tertiary/aromatic N) is 2. The Hall–Kier alpha value is -4.25. The maximum Gasteiger partial charge on any atom is 0.335 e. The van der Waals surface area contributed by atoms with Crippen LogP contribution in [0.2, 0.25) is 0 Å². The lowest BCUT2D eigenvalue weighted by molar-refractivity contribution is -0.136. The first-order valence-electron chi connectivity index (χ1n) is 10.3. The molecule has 2 aromatic carbocycles. The van der Waals surface area contributed by atoms with Gasteiger partial charge < -0.3 is 19.5 Å². The molecule has 1 aromatic heterocycles. The number of carbonyl (C=O) groups excluding carboxylic acids is 1. The van der Waals surface area contributed by atoms with E-state index in [9.17, 15) is 4.79 Å². The third kappa shape index (κ3) is 2.68. The molecular formula is C24H18N4O4. The molecule has 3 aromatic rings. The van der Waals surface area contributed by atoms with Gasteiger partial charge in [0.15, 0.2) is 17.2 Å². The van der Waals surface area contributed by atoms with E-state index in [0.717, 1.165) is 44.9 Å². The van der Waals surface area contributed by atoms with E-state index in [0.29, 0.717) is 30.2 Å². The van der Waals surface area contributed by atoms with Gasteiger partial charge in [0, 0.05) is 16.6 Å². The SMILES string of the molecule is [C-]#[N+]C1=C(C)NC2=C(C(=O)OC2)C1c1ccc2[nH]nc(-c3ccc4c(c3)OCCO4)c2c1. The van der Waals surface area contributed by atoms with E-state index in [-0.39, 0.29) is 12.6 Å². The highest BCUT2D eigenvalue weighted by atomic mass is 16.6. The van der Waals surface area contributed by atoms with E-state index in [1.807, 2.05) is 43.3 Å². The first-order chi connectivity index (χ1) is 15.6. The molecule has 0 aliphatic carbocycles. The molecule has 0 amide bonds. The second-order valence-electron chi connectivity index (χ2n) is 7.88. The molecular weight excluding hydrogens is 408 g/mol. The molecule has 6 rings (SSSR count). The van der Waals surface area contributed by atoms with Crippen molar-refractivity contribution in [3.05, 3.63) is 76.0 Å². The Morgan fingerprint density at radius 3 is 2.78 bits per heavy atom. The molecule has 158 valence electrons. The van der Waals surface area contributed by atoms with Crippen LogP contribution in [0.15, 0.2) is 59.1 Å². The summed E-state index contributed by atoms with van der Waals surface area (Å²) >= 11 is 0. The molecule has 4 heterocycles. The monoisotopic (exact) mass is 426 g/mol. The van der Waals surface area contributed by atoms with Gasteiger partial charge in [-0.05, 0) is 42.8 Å². The van der Waals surface area contributed by atoms with E-state index < -0.39 is 5.92 Å². The van der Waals surface area contributed by atoms with Gasteiger partial charge in [-0.15, -0.1) is 0 Å². The Morgan fingerprint density at radius 2 is 1.94 bits per heavy atom. The largest absolute Gasteiger partial charge is 0.486 e. The summed E-state index contributed by atoms with van der Waals surface area (Å²) in [6, 6.07) is 11.6. The standard InChI is InChI=1S/C24H18N4O4/c1-12-22(25-2)20(21-17(26-12)11-32-24(21)29)13-3-5-16-15(9-13)23(28-27-16)14-4-6-18-19(10-14)31-8-7-30-18/h3-6,9-10,20,26H,7-8,11H2,1H3,(H,27,28). The van der Waals surface area contributed by atoms with Crippen molar-refractivity contribution in [2.75, 3.05) is 19.8 Å². The third-order valence-corrected chi connectivity index (χ3v) is 6.03. The molecule has 32 heavy (non-hydrogen) atoms. The highest BCUT2D eigenvalue weighted by Crippen LogP contribution is 2.43. The van der Waals surface area contributed by atoms with Gasteiger partial charge >= 0.3 is 5.97 Å². The van der Waals surface area contributed by atoms with Crippen LogP contribution in [0.3, 0.4) is 0 Å². The summed E-state index contributed by atoms with van der Waals surface area (Å²) in [5.41, 5.74) is 5.82. The quantitative estimate of drug-likeness (QED) is 0.480. The van der Waals surface area contributed by atoms with Crippen molar-refractivity contribution in [3.8, 4) is 22.8 Å². The summed E-state index contributed by atoms with van der Waals surface area (Å²) in [5.74, 6) is 0.546. The first kappa shape index (κ1) is 18.5. The van der Waals surface area contributed by atoms with Crippen molar-refractivity contribution >= 4 is 16.9 Å². The molecule has 1 unspecified atom stereocenters. The average molecular weight is 426 g/mol. The number of fused-ring (bicyclic) bond motifs is 2. The molecule has 3 aliphatic rings. The predicted molar refractivity (Wildman–Crippen MR) is 116 cm³/mol. The minimum atomic E-state index is -0.480. The van der Waals surface area contributed by atoms with Crippen LogP contribution in [0.4, 0.5) is 0 Å².